The Hall–Kier alpha value is -2.08. The van der Waals surface area contributed by atoms with E-state index in [1.54, 1.807) is 24.0 Å². The molecule has 2 amide bonds. The lowest BCUT2D eigenvalue weighted by Crippen LogP contribution is -2.48. The van der Waals surface area contributed by atoms with Crippen LogP contribution in [0.15, 0.2) is 24.3 Å². The number of carbonyl (C=O) groups is 2. The molecule has 0 atom stereocenters. The number of hydrogen-bond donors (Lipinski definition) is 3. The predicted molar refractivity (Wildman–Crippen MR) is 77.1 cm³/mol. The number of rotatable bonds is 3. The molecule has 1 heterocycles. The van der Waals surface area contributed by atoms with E-state index in [1.807, 2.05) is 0 Å². The lowest BCUT2D eigenvalue weighted by Gasteiger charge is -2.35. The van der Waals surface area contributed by atoms with Crippen LogP contribution in [0.25, 0.3) is 0 Å². The third-order valence-corrected chi connectivity index (χ3v) is 3.77. The van der Waals surface area contributed by atoms with Gasteiger partial charge >= 0.3 is 12.0 Å². The minimum atomic E-state index is -0.967. The van der Waals surface area contributed by atoms with E-state index < -0.39 is 11.6 Å². The number of urea groups is 1. The van der Waals surface area contributed by atoms with Gasteiger partial charge in [-0.2, -0.15) is 0 Å². The van der Waals surface area contributed by atoms with Crippen molar-refractivity contribution >= 4 is 12.0 Å². The van der Waals surface area contributed by atoms with Crippen LogP contribution in [0.5, 0.6) is 0 Å². The summed E-state index contributed by atoms with van der Waals surface area (Å²) in [6.45, 7) is 3.21. The molecule has 1 aliphatic rings. The second-order valence-electron chi connectivity index (χ2n) is 5.64. The number of amides is 2. The summed E-state index contributed by atoms with van der Waals surface area (Å²) in [5.74, 6) is -0.967. The Bertz CT molecular complexity index is 515. The largest absolute Gasteiger partial charge is 0.478 e. The van der Waals surface area contributed by atoms with Gasteiger partial charge in [0.2, 0.25) is 0 Å². The first-order valence-electron chi connectivity index (χ1n) is 6.95. The first kappa shape index (κ1) is 15.3. The summed E-state index contributed by atoms with van der Waals surface area (Å²) in [7, 11) is 0. The van der Waals surface area contributed by atoms with E-state index in [1.165, 1.54) is 12.1 Å². The predicted octanol–water partition coefficient (Wildman–Crippen LogP) is 1.44. The standard InChI is InChI=1S/C15H20N2O4/c1-15(21)6-8-17(9-7-15)14(20)16-10-11-2-4-12(5-3-11)13(18)19/h2-5,21H,6-10H2,1H3,(H,16,20)(H,18,19). The van der Waals surface area contributed by atoms with Crippen LogP contribution in [-0.4, -0.2) is 45.8 Å². The summed E-state index contributed by atoms with van der Waals surface area (Å²) in [4.78, 5) is 24.4. The molecule has 0 spiro atoms. The maximum Gasteiger partial charge on any atom is 0.335 e. The Labute approximate surface area is 123 Å². The number of aromatic carboxylic acids is 1. The summed E-state index contributed by atoms with van der Waals surface area (Å²) in [6, 6.07) is 6.24. The van der Waals surface area contributed by atoms with Crippen LogP contribution in [0.3, 0.4) is 0 Å². The number of aliphatic hydroxyl groups is 1. The highest BCUT2D eigenvalue weighted by molar-refractivity contribution is 5.87. The van der Waals surface area contributed by atoms with E-state index in [2.05, 4.69) is 5.32 Å². The van der Waals surface area contributed by atoms with E-state index in [-0.39, 0.29) is 11.6 Å². The number of carboxylic acids is 1. The molecule has 1 aromatic carbocycles. The van der Waals surface area contributed by atoms with Crippen molar-refractivity contribution in [1.29, 1.82) is 0 Å². The van der Waals surface area contributed by atoms with E-state index in [9.17, 15) is 14.7 Å². The van der Waals surface area contributed by atoms with Gasteiger partial charge in [-0.3, -0.25) is 0 Å². The summed E-state index contributed by atoms with van der Waals surface area (Å²) in [5, 5.41) is 21.5. The van der Waals surface area contributed by atoms with Crippen molar-refractivity contribution in [2.24, 2.45) is 0 Å². The number of benzene rings is 1. The van der Waals surface area contributed by atoms with Gasteiger partial charge in [-0.1, -0.05) is 12.1 Å². The normalized spacial score (nSPS) is 17.3. The Balaban J connectivity index is 1.82. The molecule has 6 heteroatoms. The molecule has 21 heavy (non-hydrogen) atoms. The van der Waals surface area contributed by atoms with E-state index >= 15 is 0 Å². The number of nitrogens with one attached hydrogen (secondary N) is 1. The van der Waals surface area contributed by atoms with Gasteiger partial charge in [0.15, 0.2) is 0 Å². The quantitative estimate of drug-likeness (QED) is 0.786. The van der Waals surface area contributed by atoms with Crippen LogP contribution in [0.1, 0.15) is 35.7 Å². The van der Waals surface area contributed by atoms with Crippen molar-refractivity contribution in [3.8, 4) is 0 Å². The summed E-state index contributed by atoms with van der Waals surface area (Å²) in [6.07, 6.45) is 1.15. The highest BCUT2D eigenvalue weighted by Crippen LogP contribution is 2.20. The third-order valence-electron chi connectivity index (χ3n) is 3.77. The molecule has 0 bridgehead atoms. The van der Waals surface area contributed by atoms with Crippen molar-refractivity contribution in [1.82, 2.24) is 10.2 Å². The Morgan fingerprint density at radius 2 is 1.81 bits per heavy atom. The molecule has 0 aromatic heterocycles. The second-order valence-corrected chi connectivity index (χ2v) is 5.64. The average Bonchev–Trinajstić information content (AvgIpc) is 2.45. The smallest absolute Gasteiger partial charge is 0.335 e. The summed E-state index contributed by atoms with van der Waals surface area (Å²) < 4.78 is 0. The number of hydrogen-bond acceptors (Lipinski definition) is 3. The monoisotopic (exact) mass is 292 g/mol. The number of piperidine rings is 1. The SMILES string of the molecule is CC1(O)CCN(C(=O)NCc2ccc(C(=O)O)cc2)CC1. The van der Waals surface area contributed by atoms with Crippen molar-refractivity contribution in [2.45, 2.75) is 31.9 Å². The molecule has 3 N–H and O–H groups in total. The zero-order valence-electron chi connectivity index (χ0n) is 12.0. The van der Waals surface area contributed by atoms with Gasteiger partial charge in [0.05, 0.1) is 11.2 Å². The Morgan fingerprint density at radius 3 is 2.33 bits per heavy atom. The van der Waals surface area contributed by atoms with Crippen molar-refractivity contribution in [3.63, 3.8) is 0 Å². The Kier molecular flexibility index (Phi) is 4.47. The van der Waals surface area contributed by atoms with Gasteiger partial charge in [-0.15, -0.1) is 0 Å². The fraction of sp³-hybridized carbons (Fsp3) is 0.467. The minimum absolute atomic E-state index is 0.159. The average molecular weight is 292 g/mol. The van der Waals surface area contributed by atoms with Crippen LogP contribution in [0.2, 0.25) is 0 Å². The highest BCUT2D eigenvalue weighted by Gasteiger charge is 2.29. The number of nitrogens with zero attached hydrogens (tertiary/aromatic N) is 1. The zero-order valence-corrected chi connectivity index (χ0v) is 12.0. The van der Waals surface area contributed by atoms with Crippen LogP contribution in [0.4, 0.5) is 4.79 Å². The fourth-order valence-electron chi connectivity index (χ4n) is 2.25. The highest BCUT2D eigenvalue weighted by atomic mass is 16.4. The van der Waals surface area contributed by atoms with E-state index in [0.717, 1.165) is 5.56 Å². The molecule has 0 aliphatic carbocycles. The molecule has 0 unspecified atom stereocenters. The molecular formula is C15H20N2O4. The van der Waals surface area contributed by atoms with Crippen molar-refractivity contribution in [2.75, 3.05) is 13.1 Å². The van der Waals surface area contributed by atoms with Crippen molar-refractivity contribution < 1.29 is 19.8 Å². The molecule has 2 rings (SSSR count). The molecular weight excluding hydrogens is 272 g/mol. The van der Waals surface area contributed by atoms with Gasteiger partial charge < -0.3 is 20.4 Å². The molecule has 0 radical (unpaired) electrons. The maximum absolute atomic E-state index is 12.0. The molecule has 6 nitrogen and oxygen atoms in total. The minimum Gasteiger partial charge on any atom is -0.478 e. The number of carbonyl (C=O) groups excluding carboxylic acids is 1. The third kappa shape index (κ3) is 4.19. The van der Waals surface area contributed by atoms with Crippen LogP contribution in [0, 0.1) is 0 Å². The zero-order chi connectivity index (χ0) is 15.5. The topological polar surface area (TPSA) is 89.9 Å². The molecule has 1 saturated heterocycles. The van der Waals surface area contributed by atoms with E-state index in [0.29, 0.717) is 32.5 Å². The molecule has 1 aromatic rings. The summed E-state index contributed by atoms with van der Waals surface area (Å²) in [5.41, 5.74) is 0.393. The molecule has 1 aliphatic heterocycles. The van der Waals surface area contributed by atoms with Gasteiger partial charge in [0, 0.05) is 19.6 Å². The van der Waals surface area contributed by atoms with Gasteiger partial charge in [0.1, 0.15) is 0 Å². The van der Waals surface area contributed by atoms with Gasteiger partial charge in [0.25, 0.3) is 0 Å². The number of likely N-dealkylation sites (tertiary alicyclic amines) is 1. The van der Waals surface area contributed by atoms with Crippen LogP contribution < -0.4 is 5.32 Å². The van der Waals surface area contributed by atoms with Gasteiger partial charge in [-0.25, -0.2) is 9.59 Å². The van der Waals surface area contributed by atoms with Crippen molar-refractivity contribution in [3.05, 3.63) is 35.4 Å². The first-order chi connectivity index (χ1) is 9.87. The lowest BCUT2D eigenvalue weighted by atomic mass is 9.94. The number of carboxylic acid groups (broad SMARTS) is 1. The van der Waals surface area contributed by atoms with Gasteiger partial charge in [-0.05, 0) is 37.5 Å². The molecule has 0 saturated carbocycles. The Morgan fingerprint density at radius 1 is 1.24 bits per heavy atom. The molecule has 1 fully saturated rings. The lowest BCUT2D eigenvalue weighted by molar-refractivity contribution is 0.00435. The van der Waals surface area contributed by atoms with Crippen LogP contribution in [-0.2, 0) is 6.54 Å². The van der Waals surface area contributed by atoms with Crippen LogP contribution >= 0.6 is 0 Å². The molecule has 114 valence electrons. The maximum atomic E-state index is 12.0. The fourth-order valence-corrected chi connectivity index (χ4v) is 2.25. The van der Waals surface area contributed by atoms with E-state index in [4.69, 9.17) is 5.11 Å². The second kappa shape index (κ2) is 6.13. The first-order valence-corrected chi connectivity index (χ1v) is 6.95. The summed E-state index contributed by atoms with van der Waals surface area (Å²) >= 11 is 0.